The fourth-order valence-electron chi connectivity index (χ4n) is 2.09. The Morgan fingerprint density at radius 3 is 2.81 bits per heavy atom. The van der Waals surface area contributed by atoms with Gasteiger partial charge >= 0.3 is 0 Å². The molecule has 0 aliphatic carbocycles. The van der Waals surface area contributed by atoms with Crippen LogP contribution >= 0.6 is 0 Å². The fraction of sp³-hybridized carbons (Fsp3) is 0.231. The number of aryl methyl sites for hydroxylation is 1. The average Bonchev–Trinajstić information content (AvgIpc) is 2.89. The van der Waals surface area contributed by atoms with Gasteiger partial charge in [-0.05, 0) is 4.79 Å². The zero-order valence-corrected chi connectivity index (χ0v) is 9.30. The Balaban J connectivity index is 1.97. The lowest BCUT2D eigenvalue weighted by molar-refractivity contribution is -0.760. The number of benzene rings is 1. The molecule has 1 aliphatic heterocycles. The Labute approximate surface area is 94.6 Å². The Morgan fingerprint density at radius 2 is 2.06 bits per heavy atom. The smallest absolute Gasteiger partial charge is 0.148 e. The first-order valence-corrected chi connectivity index (χ1v) is 5.62. The van der Waals surface area contributed by atoms with Gasteiger partial charge in [-0.25, -0.2) is 0 Å². The van der Waals surface area contributed by atoms with Crippen LogP contribution in [0, 0.1) is 0 Å². The van der Waals surface area contributed by atoms with Crippen LogP contribution in [0.5, 0.6) is 0 Å². The summed E-state index contributed by atoms with van der Waals surface area (Å²) in [7, 11) is 0. The van der Waals surface area contributed by atoms with Crippen LogP contribution < -0.4 is 4.68 Å². The zero-order valence-electron chi connectivity index (χ0n) is 9.30. The molecule has 0 fully saturated rings. The average molecular weight is 212 g/mol. The van der Waals surface area contributed by atoms with Gasteiger partial charge in [0.2, 0.25) is 5.71 Å². The van der Waals surface area contributed by atoms with Gasteiger partial charge in [-0.15, -0.1) is 4.68 Å². The van der Waals surface area contributed by atoms with Crippen molar-refractivity contribution < 1.29 is 4.68 Å². The molecule has 0 radical (unpaired) electrons. The molecule has 2 aromatic rings. The van der Waals surface area contributed by atoms with Gasteiger partial charge < -0.3 is 0 Å². The summed E-state index contributed by atoms with van der Waals surface area (Å²) in [6.07, 6.45) is 3.07. The van der Waals surface area contributed by atoms with Crippen molar-refractivity contribution in [1.29, 1.82) is 0 Å². The van der Waals surface area contributed by atoms with E-state index >= 15 is 0 Å². The van der Waals surface area contributed by atoms with E-state index in [0.717, 1.165) is 18.7 Å². The van der Waals surface area contributed by atoms with Crippen molar-refractivity contribution in [2.45, 2.75) is 19.9 Å². The minimum atomic E-state index is 0.875. The molecule has 0 spiro atoms. The highest BCUT2D eigenvalue weighted by Gasteiger charge is 2.26. The van der Waals surface area contributed by atoms with E-state index in [0.29, 0.717) is 0 Å². The van der Waals surface area contributed by atoms with Gasteiger partial charge in [-0.2, -0.15) is 0 Å². The second kappa shape index (κ2) is 3.59. The van der Waals surface area contributed by atoms with Crippen molar-refractivity contribution in [3.63, 3.8) is 0 Å². The van der Waals surface area contributed by atoms with E-state index < -0.39 is 0 Å². The monoisotopic (exact) mass is 212 g/mol. The van der Waals surface area contributed by atoms with E-state index in [9.17, 15) is 0 Å². The van der Waals surface area contributed by atoms with E-state index in [-0.39, 0.29) is 0 Å². The number of nitrogens with zero attached hydrogens (tertiary/aromatic N) is 3. The summed E-state index contributed by atoms with van der Waals surface area (Å²) in [4.78, 5) is 1.93. The molecule has 0 N–H and O–H groups in total. The third-order valence-corrected chi connectivity index (χ3v) is 2.97. The van der Waals surface area contributed by atoms with Gasteiger partial charge in [0, 0.05) is 23.2 Å². The largest absolute Gasteiger partial charge is 0.229 e. The van der Waals surface area contributed by atoms with Crippen LogP contribution in [-0.2, 0) is 13.0 Å². The minimum absolute atomic E-state index is 0.875. The van der Waals surface area contributed by atoms with Crippen LogP contribution in [0.4, 0.5) is 0 Å². The van der Waals surface area contributed by atoms with E-state index in [4.69, 9.17) is 0 Å². The maximum absolute atomic E-state index is 4.59. The molecule has 1 aromatic heterocycles. The molecular weight excluding hydrogens is 198 g/mol. The molecule has 0 atom stereocenters. The molecule has 0 amide bonds. The first kappa shape index (κ1) is 9.33. The third-order valence-electron chi connectivity index (χ3n) is 2.97. The lowest BCUT2D eigenvalue weighted by atomic mass is 10.1. The number of aromatic nitrogens is 2. The number of hydrogen-bond donors (Lipinski definition) is 0. The topological polar surface area (TPSA) is 21.2 Å². The van der Waals surface area contributed by atoms with Gasteiger partial charge in [0.1, 0.15) is 5.69 Å². The molecule has 3 rings (SSSR count). The van der Waals surface area contributed by atoms with E-state index in [1.165, 1.54) is 11.3 Å². The predicted molar refractivity (Wildman–Crippen MR) is 62.4 cm³/mol. The second-order valence-corrected chi connectivity index (χ2v) is 3.95. The van der Waals surface area contributed by atoms with Gasteiger partial charge in [0.25, 0.3) is 0 Å². The van der Waals surface area contributed by atoms with Gasteiger partial charge in [0.05, 0.1) is 6.20 Å². The zero-order chi connectivity index (χ0) is 11.0. The number of hydrogen-bond acceptors (Lipinski definition) is 1. The highest BCUT2D eigenvalue weighted by molar-refractivity contribution is 5.99. The summed E-state index contributed by atoms with van der Waals surface area (Å²) < 4.78 is 2.21. The summed E-state index contributed by atoms with van der Waals surface area (Å²) in [5.74, 6) is 0. The number of fused-ring (bicyclic) bond motifs is 1. The summed E-state index contributed by atoms with van der Waals surface area (Å²) in [6, 6.07) is 12.5. The highest BCUT2D eigenvalue weighted by atomic mass is 15.6. The molecule has 0 bridgehead atoms. The molecule has 3 nitrogen and oxygen atoms in total. The van der Waals surface area contributed by atoms with Crippen molar-refractivity contribution in [3.8, 4) is 0 Å². The fourth-order valence-corrected chi connectivity index (χ4v) is 2.09. The molecule has 1 aromatic carbocycles. The van der Waals surface area contributed by atoms with Crippen molar-refractivity contribution in [1.82, 2.24) is 4.79 Å². The van der Waals surface area contributed by atoms with Crippen molar-refractivity contribution >= 4 is 5.71 Å². The molecule has 3 heteroatoms. The Hall–Kier alpha value is -1.90. The lowest BCUT2D eigenvalue weighted by Gasteiger charge is -1.95. The Kier molecular flexibility index (Phi) is 2.10. The van der Waals surface area contributed by atoms with Crippen LogP contribution in [0.1, 0.15) is 18.2 Å². The summed E-state index contributed by atoms with van der Waals surface area (Å²) >= 11 is 0. The van der Waals surface area contributed by atoms with Gasteiger partial charge in [0.15, 0.2) is 6.54 Å². The van der Waals surface area contributed by atoms with Crippen LogP contribution in [0.15, 0.2) is 47.7 Å². The van der Waals surface area contributed by atoms with Crippen LogP contribution in [0.2, 0.25) is 0 Å². The molecule has 1 aliphatic rings. The normalized spacial score (nSPS) is 13.7. The van der Waals surface area contributed by atoms with Crippen molar-refractivity contribution in [3.05, 3.63) is 53.9 Å². The maximum atomic E-state index is 4.59. The maximum Gasteiger partial charge on any atom is 0.229 e. The van der Waals surface area contributed by atoms with Gasteiger partial charge in [-0.1, -0.05) is 37.3 Å². The molecular formula is C13H14N3+. The van der Waals surface area contributed by atoms with E-state index in [2.05, 4.69) is 47.0 Å². The Morgan fingerprint density at radius 1 is 1.25 bits per heavy atom. The van der Waals surface area contributed by atoms with Crippen LogP contribution in [0.25, 0.3) is 0 Å². The molecule has 80 valence electrons. The second-order valence-electron chi connectivity index (χ2n) is 3.95. The van der Waals surface area contributed by atoms with E-state index in [1.807, 2.05) is 17.1 Å². The van der Waals surface area contributed by atoms with E-state index in [1.54, 1.807) is 0 Å². The Bertz CT molecular complexity index is 538. The standard InChI is InChI=1S/C13H14N3/c1-2-12-8-9-16-14-13(10-15(12)16)11-6-4-3-5-7-11/h3-9H,2,10H2,1H3/q+1. The first-order valence-electron chi connectivity index (χ1n) is 5.62. The summed E-state index contributed by atoms with van der Waals surface area (Å²) in [5, 5.41) is 4.59. The van der Waals surface area contributed by atoms with Crippen LogP contribution in [0.3, 0.4) is 0 Å². The first-order chi connectivity index (χ1) is 7.88. The molecule has 0 saturated heterocycles. The number of rotatable bonds is 2. The molecule has 2 heterocycles. The summed E-state index contributed by atoms with van der Waals surface area (Å²) in [5.41, 5.74) is 3.67. The third kappa shape index (κ3) is 1.36. The molecule has 16 heavy (non-hydrogen) atoms. The lowest BCUT2D eigenvalue weighted by Crippen LogP contribution is -2.42. The molecule has 0 unspecified atom stereocenters. The quantitative estimate of drug-likeness (QED) is 0.674. The van der Waals surface area contributed by atoms with Crippen LogP contribution in [-0.4, -0.2) is 10.5 Å². The highest BCUT2D eigenvalue weighted by Crippen LogP contribution is 2.07. The van der Waals surface area contributed by atoms with Crippen molar-refractivity contribution in [2.24, 2.45) is 5.10 Å². The van der Waals surface area contributed by atoms with Crippen molar-refractivity contribution in [2.75, 3.05) is 0 Å². The summed E-state index contributed by atoms with van der Waals surface area (Å²) in [6.45, 7) is 3.05. The predicted octanol–water partition coefficient (Wildman–Crippen LogP) is 1.60. The SMILES string of the molecule is CCc1ccn2[n+]1CC(c1ccccc1)=N2. The molecule has 0 saturated carbocycles. The van der Waals surface area contributed by atoms with Gasteiger partial charge in [-0.3, -0.25) is 0 Å². The minimum Gasteiger partial charge on any atom is -0.148 e.